The van der Waals surface area contributed by atoms with Crippen molar-refractivity contribution in [2.75, 3.05) is 0 Å². The van der Waals surface area contributed by atoms with E-state index in [1.165, 1.54) is 11.1 Å². The lowest BCUT2D eigenvalue weighted by molar-refractivity contribution is -0.120. The highest BCUT2D eigenvalue weighted by Gasteiger charge is 2.25. The van der Waals surface area contributed by atoms with Crippen molar-refractivity contribution in [2.45, 2.75) is 31.6 Å². The van der Waals surface area contributed by atoms with Gasteiger partial charge in [-0.3, -0.25) is 4.79 Å². The molecule has 0 heterocycles. The molecule has 1 nitrogen and oxygen atoms in total. The van der Waals surface area contributed by atoms with Crippen molar-refractivity contribution in [3.05, 3.63) is 69.7 Å². The van der Waals surface area contributed by atoms with Crippen molar-refractivity contribution in [2.24, 2.45) is 0 Å². The number of hydrogen-bond acceptors (Lipinski definition) is 1. The normalized spacial score (nSPS) is 17.6. The topological polar surface area (TPSA) is 17.1 Å². The Bertz CT molecular complexity index is 633. The fourth-order valence-electron chi connectivity index (χ4n) is 3.06. The van der Waals surface area contributed by atoms with Crippen LogP contribution in [0.3, 0.4) is 0 Å². The Morgan fingerprint density at radius 1 is 1.15 bits per heavy atom. The highest BCUT2D eigenvalue weighted by atomic mass is 79.9. The summed E-state index contributed by atoms with van der Waals surface area (Å²) in [4.78, 5) is 12.6. The van der Waals surface area contributed by atoms with Gasteiger partial charge in [0.2, 0.25) is 0 Å². The second-order valence-corrected chi connectivity index (χ2v) is 6.33. The number of carbonyl (C=O) groups excluding carboxylic acids is 1. The lowest BCUT2D eigenvalue weighted by Crippen LogP contribution is -2.20. The maximum absolute atomic E-state index is 12.6. The van der Waals surface area contributed by atoms with Gasteiger partial charge in [0.05, 0.1) is 0 Å². The third-order valence-electron chi connectivity index (χ3n) is 4.03. The van der Waals surface area contributed by atoms with E-state index in [0.29, 0.717) is 12.2 Å². The molecule has 0 radical (unpaired) electrons. The Labute approximate surface area is 128 Å². The molecule has 1 unspecified atom stereocenters. The fraction of sp³-hybridized carbons (Fsp3) is 0.278. The average Bonchev–Trinajstić information content (AvgIpc) is 2.46. The largest absolute Gasteiger partial charge is 0.299 e. The summed E-state index contributed by atoms with van der Waals surface area (Å²) >= 11 is 3.46. The minimum Gasteiger partial charge on any atom is -0.299 e. The second-order valence-electron chi connectivity index (χ2n) is 5.42. The Hall–Kier alpha value is -1.41. The van der Waals surface area contributed by atoms with Gasteiger partial charge in [-0.05, 0) is 48.1 Å². The van der Waals surface area contributed by atoms with Crippen LogP contribution in [0.2, 0.25) is 0 Å². The van der Waals surface area contributed by atoms with Gasteiger partial charge in [0, 0.05) is 16.8 Å². The van der Waals surface area contributed by atoms with Crippen LogP contribution in [0.5, 0.6) is 0 Å². The molecule has 2 aromatic rings. The van der Waals surface area contributed by atoms with E-state index in [2.05, 4.69) is 34.1 Å². The van der Waals surface area contributed by atoms with Crippen LogP contribution < -0.4 is 0 Å². The van der Waals surface area contributed by atoms with E-state index in [4.69, 9.17) is 0 Å². The minimum atomic E-state index is 0.0823. The van der Waals surface area contributed by atoms with E-state index < -0.39 is 0 Å². The van der Waals surface area contributed by atoms with Gasteiger partial charge in [-0.2, -0.15) is 0 Å². The summed E-state index contributed by atoms with van der Waals surface area (Å²) in [7, 11) is 0. The molecule has 0 saturated carbocycles. The van der Waals surface area contributed by atoms with Crippen LogP contribution in [0, 0.1) is 0 Å². The first kappa shape index (κ1) is 13.6. The van der Waals surface area contributed by atoms with Crippen molar-refractivity contribution in [1.82, 2.24) is 0 Å². The summed E-state index contributed by atoms with van der Waals surface area (Å²) in [6.45, 7) is 0. The van der Waals surface area contributed by atoms with Crippen molar-refractivity contribution in [1.29, 1.82) is 0 Å². The number of carbonyl (C=O) groups is 1. The highest BCUT2D eigenvalue weighted by molar-refractivity contribution is 9.10. The molecule has 1 atom stereocenters. The van der Waals surface area contributed by atoms with E-state index in [0.717, 1.165) is 29.3 Å². The van der Waals surface area contributed by atoms with Crippen LogP contribution in [-0.4, -0.2) is 5.78 Å². The van der Waals surface area contributed by atoms with E-state index in [9.17, 15) is 4.79 Å². The molecular weight excluding hydrogens is 312 g/mol. The third-order valence-corrected chi connectivity index (χ3v) is 4.52. The molecule has 3 rings (SSSR count). The highest BCUT2D eigenvalue weighted by Crippen LogP contribution is 2.33. The Morgan fingerprint density at radius 3 is 2.85 bits per heavy atom. The average molecular weight is 329 g/mol. The van der Waals surface area contributed by atoms with Crippen molar-refractivity contribution in [3.63, 3.8) is 0 Å². The summed E-state index contributed by atoms with van der Waals surface area (Å²) in [5.74, 6) is 0.425. The first-order chi connectivity index (χ1) is 9.74. The zero-order valence-corrected chi connectivity index (χ0v) is 12.9. The van der Waals surface area contributed by atoms with E-state index >= 15 is 0 Å². The molecule has 0 fully saturated rings. The van der Waals surface area contributed by atoms with E-state index in [1.807, 2.05) is 30.3 Å². The number of ketones is 1. The molecule has 0 N–H and O–H groups in total. The molecule has 0 saturated heterocycles. The van der Waals surface area contributed by atoms with Gasteiger partial charge in [-0.1, -0.05) is 52.3 Å². The van der Waals surface area contributed by atoms with Crippen molar-refractivity contribution >= 4 is 21.7 Å². The number of rotatable bonds is 3. The Kier molecular flexibility index (Phi) is 4.02. The second kappa shape index (κ2) is 5.92. The van der Waals surface area contributed by atoms with Crippen LogP contribution in [0.25, 0.3) is 0 Å². The van der Waals surface area contributed by atoms with Crippen LogP contribution in [0.15, 0.2) is 53.0 Å². The molecule has 0 bridgehead atoms. The van der Waals surface area contributed by atoms with Gasteiger partial charge in [-0.25, -0.2) is 0 Å². The predicted molar refractivity (Wildman–Crippen MR) is 85.0 cm³/mol. The fourth-order valence-corrected chi connectivity index (χ4v) is 3.51. The summed E-state index contributed by atoms with van der Waals surface area (Å²) in [5.41, 5.74) is 3.69. The molecule has 0 amide bonds. The number of hydrogen-bond donors (Lipinski definition) is 0. The maximum Gasteiger partial charge on any atom is 0.144 e. The lowest BCUT2D eigenvalue weighted by atomic mass is 9.79. The SMILES string of the molecule is O=C(Cc1cccc(Br)c1)C1CCCc2ccccc21. The Morgan fingerprint density at radius 2 is 2.00 bits per heavy atom. The van der Waals surface area contributed by atoms with Crippen molar-refractivity contribution < 1.29 is 4.79 Å². The predicted octanol–water partition coefficient (Wildman–Crippen LogP) is 4.68. The monoisotopic (exact) mass is 328 g/mol. The molecule has 0 aliphatic heterocycles. The smallest absolute Gasteiger partial charge is 0.144 e. The van der Waals surface area contributed by atoms with E-state index in [-0.39, 0.29) is 5.92 Å². The first-order valence-corrected chi connectivity index (χ1v) is 7.88. The van der Waals surface area contributed by atoms with Gasteiger partial charge in [0.1, 0.15) is 5.78 Å². The number of Topliss-reactive ketones (excluding diaryl/α,β-unsaturated/α-hetero) is 1. The standard InChI is InChI=1S/C18H17BrO/c19-15-8-3-5-13(11-15)12-18(20)17-10-4-7-14-6-1-2-9-16(14)17/h1-3,5-6,8-9,11,17H,4,7,10,12H2. The van der Waals surface area contributed by atoms with Crippen molar-refractivity contribution in [3.8, 4) is 0 Å². The zero-order valence-electron chi connectivity index (χ0n) is 11.3. The zero-order chi connectivity index (χ0) is 13.9. The summed E-state index contributed by atoms with van der Waals surface area (Å²) < 4.78 is 1.03. The van der Waals surface area contributed by atoms with Gasteiger partial charge in [-0.15, -0.1) is 0 Å². The van der Waals surface area contributed by atoms with Crippen LogP contribution >= 0.6 is 15.9 Å². The van der Waals surface area contributed by atoms with Gasteiger partial charge < -0.3 is 0 Å². The van der Waals surface area contributed by atoms with Crippen LogP contribution in [0.4, 0.5) is 0 Å². The van der Waals surface area contributed by atoms with E-state index in [1.54, 1.807) is 0 Å². The maximum atomic E-state index is 12.6. The number of aryl methyl sites for hydroxylation is 1. The molecule has 0 aromatic heterocycles. The number of benzene rings is 2. The summed E-state index contributed by atoms with van der Waals surface area (Å²) in [6.07, 6.45) is 3.74. The molecule has 1 aliphatic carbocycles. The molecule has 20 heavy (non-hydrogen) atoms. The van der Waals surface area contributed by atoms with Crippen LogP contribution in [0.1, 0.15) is 35.4 Å². The minimum absolute atomic E-state index is 0.0823. The molecule has 0 spiro atoms. The lowest BCUT2D eigenvalue weighted by Gasteiger charge is -2.24. The van der Waals surface area contributed by atoms with Gasteiger partial charge >= 0.3 is 0 Å². The molecule has 2 heteroatoms. The third kappa shape index (κ3) is 2.85. The summed E-state index contributed by atoms with van der Waals surface area (Å²) in [6, 6.07) is 16.4. The summed E-state index contributed by atoms with van der Waals surface area (Å²) in [5, 5.41) is 0. The van der Waals surface area contributed by atoms with Gasteiger partial charge in [0.25, 0.3) is 0 Å². The number of fused-ring (bicyclic) bond motifs is 1. The molecule has 102 valence electrons. The molecule has 2 aromatic carbocycles. The first-order valence-electron chi connectivity index (χ1n) is 7.09. The van der Waals surface area contributed by atoms with Gasteiger partial charge in [0.15, 0.2) is 0 Å². The molecule has 1 aliphatic rings. The van der Waals surface area contributed by atoms with Crippen LogP contribution in [-0.2, 0) is 17.6 Å². The Balaban J connectivity index is 1.82. The quantitative estimate of drug-likeness (QED) is 0.799. The number of halogens is 1. The molecular formula is C18H17BrO.